The Labute approximate surface area is 136 Å². The first-order valence-electron chi connectivity index (χ1n) is 8.44. The minimum absolute atomic E-state index is 0.0302. The molecule has 2 nitrogen and oxygen atoms in total. The van der Waals surface area contributed by atoms with Crippen molar-refractivity contribution in [3.05, 3.63) is 70.8 Å². The Morgan fingerprint density at radius 1 is 1.09 bits per heavy atom. The van der Waals surface area contributed by atoms with Crippen molar-refractivity contribution in [2.75, 3.05) is 6.54 Å². The van der Waals surface area contributed by atoms with E-state index in [1.54, 1.807) is 6.92 Å². The van der Waals surface area contributed by atoms with E-state index in [9.17, 15) is 4.79 Å². The summed E-state index contributed by atoms with van der Waals surface area (Å²) in [7, 11) is 0. The zero-order chi connectivity index (χ0) is 16.0. The van der Waals surface area contributed by atoms with Gasteiger partial charge in [0, 0.05) is 28.7 Å². The van der Waals surface area contributed by atoms with Crippen molar-refractivity contribution in [3.8, 4) is 0 Å². The minimum Gasteiger partial charge on any atom is -0.329 e. The minimum atomic E-state index is -0.263. The van der Waals surface area contributed by atoms with E-state index in [1.807, 2.05) is 0 Å². The quantitative estimate of drug-likeness (QED) is 0.925. The van der Waals surface area contributed by atoms with Crippen LogP contribution in [0.2, 0.25) is 0 Å². The van der Waals surface area contributed by atoms with E-state index in [2.05, 4.69) is 55.5 Å². The molecule has 116 valence electrons. The van der Waals surface area contributed by atoms with Gasteiger partial charge in [-0.15, -0.1) is 0 Å². The summed E-state index contributed by atoms with van der Waals surface area (Å²) in [6.45, 7) is 4.52. The molecular weight excluding hydrogens is 282 g/mol. The molecule has 0 aromatic heterocycles. The molecule has 4 atom stereocenters. The van der Waals surface area contributed by atoms with Crippen molar-refractivity contribution >= 4 is 5.78 Å². The molecule has 0 heterocycles. The summed E-state index contributed by atoms with van der Waals surface area (Å²) < 4.78 is 0. The third-order valence-corrected chi connectivity index (χ3v) is 7.25. The molecule has 4 unspecified atom stereocenters. The highest BCUT2D eigenvalue weighted by Crippen LogP contribution is 2.82. The highest BCUT2D eigenvalue weighted by molar-refractivity contribution is 5.89. The third kappa shape index (κ3) is 1.08. The van der Waals surface area contributed by atoms with Gasteiger partial charge in [-0.25, -0.2) is 0 Å². The number of rotatable bonds is 2. The van der Waals surface area contributed by atoms with Crippen LogP contribution in [0.5, 0.6) is 0 Å². The van der Waals surface area contributed by atoms with E-state index in [0.717, 1.165) is 6.42 Å². The highest BCUT2D eigenvalue weighted by Gasteiger charge is 2.81. The highest BCUT2D eigenvalue weighted by atomic mass is 16.1. The molecule has 0 bridgehead atoms. The molecule has 2 N–H and O–H groups in total. The number of Topliss-reactive ketones (excluding diaryl/α,β-unsaturated/α-hetero) is 1. The number of fused-ring (bicyclic) bond motifs is 5. The summed E-state index contributed by atoms with van der Waals surface area (Å²) in [4.78, 5) is 12.4. The predicted octanol–water partition coefficient (Wildman–Crippen LogP) is 3.28. The summed E-state index contributed by atoms with van der Waals surface area (Å²) in [5, 5.41) is 0. The van der Waals surface area contributed by atoms with E-state index in [4.69, 9.17) is 5.73 Å². The van der Waals surface area contributed by atoms with Crippen molar-refractivity contribution in [1.82, 2.24) is 0 Å². The van der Waals surface area contributed by atoms with Gasteiger partial charge in [0.05, 0.1) is 0 Å². The molecule has 3 aliphatic carbocycles. The van der Waals surface area contributed by atoms with Crippen molar-refractivity contribution in [3.63, 3.8) is 0 Å². The van der Waals surface area contributed by atoms with E-state index in [1.165, 1.54) is 22.3 Å². The molecule has 2 heteroatoms. The molecule has 1 fully saturated rings. The monoisotopic (exact) mass is 303 g/mol. The maximum Gasteiger partial charge on any atom is 0.136 e. The standard InChI is InChI=1S/C21H21NO/c1-13(23)19(2)11-20-16-9-5-6-10-17(16)21(20,12-22)15-8-4-3-7-14(15)18(19)20/h3-10,18H,11-12,22H2,1-2H3. The van der Waals surface area contributed by atoms with Crippen molar-refractivity contribution in [2.45, 2.75) is 37.0 Å². The van der Waals surface area contributed by atoms with Crippen LogP contribution in [0.15, 0.2) is 48.5 Å². The Morgan fingerprint density at radius 3 is 2.35 bits per heavy atom. The van der Waals surface area contributed by atoms with Crippen LogP contribution >= 0.6 is 0 Å². The van der Waals surface area contributed by atoms with Crippen molar-refractivity contribution in [2.24, 2.45) is 11.1 Å². The Kier molecular flexibility index (Phi) is 2.21. The van der Waals surface area contributed by atoms with Crippen molar-refractivity contribution in [1.29, 1.82) is 0 Å². The Balaban J connectivity index is 1.87. The fourth-order valence-corrected chi connectivity index (χ4v) is 6.36. The Bertz CT molecular complexity index is 872. The SMILES string of the molecule is CC(=O)C1(C)CC23c4ccccc4C2(CN)c2ccccc2C13. The number of hydrogen-bond donors (Lipinski definition) is 1. The maximum atomic E-state index is 12.4. The topological polar surface area (TPSA) is 43.1 Å². The third-order valence-electron chi connectivity index (χ3n) is 7.25. The average molecular weight is 303 g/mol. The van der Waals surface area contributed by atoms with E-state index < -0.39 is 0 Å². The van der Waals surface area contributed by atoms with Gasteiger partial charge in [-0.05, 0) is 35.6 Å². The van der Waals surface area contributed by atoms with Gasteiger partial charge in [-0.3, -0.25) is 4.79 Å². The van der Waals surface area contributed by atoms with Gasteiger partial charge >= 0.3 is 0 Å². The van der Waals surface area contributed by atoms with Gasteiger partial charge in [-0.2, -0.15) is 0 Å². The summed E-state index contributed by atoms with van der Waals surface area (Å²) in [6.07, 6.45) is 0.920. The van der Waals surface area contributed by atoms with E-state index >= 15 is 0 Å². The van der Waals surface area contributed by atoms with E-state index in [-0.39, 0.29) is 22.2 Å². The summed E-state index contributed by atoms with van der Waals surface area (Å²) in [5.74, 6) is 0.572. The molecular formula is C21H21NO. The van der Waals surface area contributed by atoms with Crippen LogP contribution in [0.1, 0.15) is 48.4 Å². The van der Waals surface area contributed by atoms with Crippen LogP contribution in [0.3, 0.4) is 0 Å². The molecule has 0 amide bonds. The lowest BCUT2D eigenvalue weighted by Crippen LogP contribution is -2.71. The van der Waals surface area contributed by atoms with Crippen LogP contribution in [0, 0.1) is 5.41 Å². The van der Waals surface area contributed by atoms with Crippen molar-refractivity contribution < 1.29 is 4.79 Å². The molecule has 23 heavy (non-hydrogen) atoms. The molecule has 2 aromatic carbocycles. The van der Waals surface area contributed by atoms with Gasteiger partial charge in [0.2, 0.25) is 0 Å². The van der Waals surface area contributed by atoms with Gasteiger partial charge in [0.15, 0.2) is 0 Å². The summed E-state index contributed by atoms with van der Waals surface area (Å²) in [5.41, 5.74) is 11.6. The summed E-state index contributed by atoms with van der Waals surface area (Å²) >= 11 is 0. The lowest BCUT2D eigenvalue weighted by Gasteiger charge is -2.70. The molecule has 5 rings (SSSR count). The predicted molar refractivity (Wildman–Crippen MR) is 90.5 cm³/mol. The molecule has 1 spiro atoms. The number of nitrogens with two attached hydrogens (primary N) is 1. The molecule has 0 aliphatic heterocycles. The second-order valence-electron chi connectivity index (χ2n) is 7.80. The first kappa shape index (κ1) is 13.5. The van der Waals surface area contributed by atoms with Gasteiger partial charge < -0.3 is 5.73 Å². The largest absolute Gasteiger partial charge is 0.329 e. The number of carbonyl (C=O) groups excluding carboxylic acids is 1. The second kappa shape index (κ2) is 3.76. The van der Waals surface area contributed by atoms with Crippen LogP contribution in [0.25, 0.3) is 0 Å². The lowest BCUT2D eigenvalue weighted by molar-refractivity contribution is -0.142. The van der Waals surface area contributed by atoms with Gasteiger partial charge in [0.25, 0.3) is 0 Å². The Hall–Kier alpha value is -1.93. The number of carbonyl (C=O) groups is 1. The number of hydrogen-bond acceptors (Lipinski definition) is 2. The van der Waals surface area contributed by atoms with Crippen LogP contribution < -0.4 is 5.73 Å². The van der Waals surface area contributed by atoms with Crippen LogP contribution in [-0.2, 0) is 15.6 Å². The van der Waals surface area contributed by atoms with Crippen LogP contribution in [-0.4, -0.2) is 12.3 Å². The summed E-state index contributed by atoms with van der Waals surface area (Å²) in [6, 6.07) is 17.4. The number of benzene rings is 2. The zero-order valence-electron chi connectivity index (χ0n) is 13.6. The smallest absolute Gasteiger partial charge is 0.136 e. The second-order valence-corrected chi connectivity index (χ2v) is 7.80. The fourth-order valence-electron chi connectivity index (χ4n) is 6.36. The normalized spacial score (nSPS) is 38.5. The van der Waals surface area contributed by atoms with Gasteiger partial charge in [0.1, 0.15) is 5.78 Å². The molecule has 1 saturated carbocycles. The average Bonchev–Trinajstić information content (AvgIpc) is 2.72. The molecule has 3 aliphatic rings. The van der Waals surface area contributed by atoms with Crippen LogP contribution in [0.4, 0.5) is 0 Å². The van der Waals surface area contributed by atoms with E-state index in [0.29, 0.717) is 12.3 Å². The lowest BCUT2D eigenvalue weighted by atomic mass is 9.31. The fraction of sp³-hybridized carbons (Fsp3) is 0.381. The molecule has 2 aromatic rings. The maximum absolute atomic E-state index is 12.4. The van der Waals surface area contributed by atoms with Gasteiger partial charge in [-0.1, -0.05) is 55.5 Å². The Morgan fingerprint density at radius 2 is 1.70 bits per heavy atom. The first-order chi connectivity index (χ1) is 11.0. The molecule has 0 saturated heterocycles. The zero-order valence-corrected chi connectivity index (χ0v) is 13.6. The molecule has 0 radical (unpaired) electrons. The number of ketones is 1. The first-order valence-corrected chi connectivity index (χ1v) is 8.44.